The number of nitrogens with zero attached hydrogens (tertiary/aromatic N) is 1. The summed E-state index contributed by atoms with van der Waals surface area (Å²) in [4.78, 5) is 2.41. The third-order valence-corrected chi connectivity index (χ3v) is 10.1. The van der Waals surface area contributed by atoms with Gasteiger partial charge in [0.1, 0.15) is 11.2 Å². The van der Waals surface area contributed by atoms with Crippen LogP contribution in [0.25, 0.3) is 76.5 Å². The quantitative estimate of drug-likeness (QED) is 0.175. The summed E-state index contributed by atoms with van der Waals surface area (Å²) >= 11 is 0. The minimum absolute atomic E-state index is 0.909. The van der Waals surface area contributed by atoms with E-state index in [1.165, 1.54) is 43.4 Å². The standard InChI is InChI=1S/C48H31NO/c1-2-12-33(13-3-1)37-14-8-10-20-46(37)49(36-27-28-42-40-17-5-4-15-38(40)39-16-6-7-18-41(39)44(42)31-36)35-25-22-32(23-26-35)34-24-29-48-45(30-34)43-19-9-11-21-47(43)50-48/h1-31H. The number of hydrogen-bond donors (Lipinski definition) is 0. The maximum Gasteiger partial charge on any atom is 0.135 e. The smallest absolute Gasteiger partial charge is 0.135 e. The van der Waals surface area contributed by atoms with Crippen LogP contribution < -0.4 is 4.90 Å². The van der Waals surface area contributed by atoms with E-state index in [0.717, 1.165) is 50.1 Å². The van der Waals surface area contributed by atoms with Gasteiger partial charge in [0, 0.05) is 27.7 Å². The molecular formula is C48H31NO. The van der Waals surface area contributed by atoms with Gasteiger partial charge in [0.15, 0.2) is 0 Å². The normalized spacial score (nSPS) is 11.6. The van der Waals surface area contributed by atoms with E-state index in [4.69, 9.17) is 4.42 Å². The van der Waals surface area contributed by atoms with Crippen molar-refractivity contribution < 1.29 is 4.42 Å². The molecule has 0 saturated carbocycles. The lowest BCUT2D eigenvalue weighted by Crippen LogP contribution is -2.11. The summed E-state index contributed by atoms with van der Waals surface area (Å²) in [6.45, 7) is 0. The van der Waals surface area contributed by atoms with Gasteiger partial charge >= 0.3 is 0 Å². The van der Waals surface area contributed by atoms with Crippen molar-refractivity contribution in [2.45, 2.75) is 0 Å². The highest BCUT2D eigenvalue weighted by Crippen LogP contribution is 2.44. The molecule has 0 fully saturated rings. The minimum Gasteiger partial charge on any atom is -0.456 e. The third-order valence-electron chi connectivity index (χ3n) is 10.1. The summed E-state index contributed by atoms with van der Waals surface area (Å²) in [6, 6.07) is 67.6. The number of benzene rings is 9. The number of furan rings is 1. The molecule has 0 N–H and O–H groups in total. The fraction of sp³-hybridized carbons (Fsp3) is 0. The molecule has 2 nitrogen and oxygen atoms in total. The van der Waals surface area contributed by atoms with Crippen LogP contribution in [0.5, 0.6) is 0 Å². The lowest BCUT2D eigenvalue weighted by Gasteiger charge is -2.28. The fourth-order valence-electron chi connectivity index (χ4n) is 7.70. The molecule has 0 radical (unpaired) electrons. The number of fused-ring (bicyclic) bond motifs is 9. The van der Waals surface area contributed by atoms with Gasteiger partial charge in [0.05, 0.1) is 5.69 Å². The summed E-state index contributed by atoms with van der Waals surface area (Å²) in [7, 11) is 0. The molecule has 1 aromatic heterocycles. The molecule has 0 aliphatic carbocycles. The van der Waals surface area contributed by atoms with Crippen molar-refractivity contribution in [2.24, 2.45) is 0 Å². The molecular weight excluding hydrogens is 607 g/mol. The average molecular weight is 638 g/mol. The maximum absolute atomic E-state index is 6.11. The van der Waals surface area contributed by atoms with E-state index in [0.29, 0.717) is 0 Å². The van der Waals surface area contributed by atoms with Crippen molar-refractivity contribution >= 4 is 71.3 Å². The van der Waals surface area contributed by atoms with E-state index in [1.807, 2.05) is 12.1 Å². The Morgan fingerprint density at radius 2 is 0.840 bits per heavy atom. The van der Waals surface area contributed by atoms with Crippen LogP contribution in [0.1, 0.15) is 0 Å². The number of rotatable bonds is 5. The van der Waals surface area contributed by atoms with Crippen molar-refractivity contribution in [3.63, 3.8) is 0 Å². The monoisotopic (exact) mass is 637 g/mol. The molecule has 0 aliphatic heterocycles. The Morgan fingerprint density at radius 3 is 1.58 bits per heavy atom. The zero-order chi connectivity index (χ0) is 33.0. The number of para-hydroxylation sites is 2. The zero-order valence-corrected chi connectivity index (χ0v) is 27.3. The molecule has 2 heteroatoms. The van der Waals surface area contributed by atoms with Crippen LogP contribution in [0, 0.1) is 0 Å². The molecule has 50 heavy (non-hydrogen) atoms. The van der Waals surface area contributed by atoms with Crippen LogP contribution in [0.15, 0.2) is 192 Å². The van der Waals surface area contributed by atoms with E-state index in [1.54, 1.807) is 0 Å². The lowest BCUT2D eigenvalue weighted by molar-refractivity contribution is 0.669. The third kappa shape index (κ3) is 4.57. The summed E-state index contributed by atoms with van der Waals surface area (Å²) in [5, 5.41) is 9.88. The molecule has 10 rings (SSSR count). The van der Waals surface area contributed by atoms with Crippen LogP contribution in [-0.4, -0.2) is 0 Å². The van der Waals surface area contributed by atoms with Gasteiger partial charge in [0.25, 0.3) is 0 Å². The first-order valence-electron chi connectivity index (χ1n) is 17.1. The molecule has 0 saturated heterocycles. The van der Waals surface area contributed by atoms with Gasteiger partial charge in [-0.15, -0.1) is 0 Å². The molecule has 234 valence electrons. The first-order chi connectivity index (χ1) is 24.8. The van der Waals surface area contributed by atoms with Gasteiger partial charge in [-0.3, -0.25) is 0 Å². The van der Waals surface area contributed by atoms with Crippen molar-refractivity contribution in [2.75, 3.05) is 4.90 Å². The molecule has 0 unspecified atom stereocenters. The van der Waals surface area contributed by atoms with Crippen molar-refractivity contribution in [3.05, 3.63) is 188 Å². The summed E-state index contributed by atoms with van der Waals surface area (Å²) < 4.78 is 6.11. The SMILES string of the molecule is c1ccc(-c2ccccc2N(c2ccc(-c3ccc4oc5ccccc5c4c3)cc2)c2ccc3c4ccccc4c4ccccc4c3c2)cc1. The Labute approximate surface area is 290 Å². The molecule has 0 aliphatic rings. The van der Waals surface area contributed by atoms with Gasteiger partial charge < -0.3 is 9.32 Å². The first kappa shape index (κ1) is 28.4. The van der Waals surface area contributed by atoms with Crippen LogP contribution in [-0.2, 0) is 0 Å². The zero-order valence-electron chi connectivity index (χ0n) is 27.3. The van der Waals surface area contributed by atoms with Crippen molar-refractivity contribution in [3.8, 4) is 22.3 Å². The molecule has 9 aromatic carbocycles. The molecule has 0 spiro atoms. The highest BCUT2D eigenvalue weighted by Gasteiger charge is 2.19. The van der Waals surface area contributed by atoms with E-state index < -0.39 is 0 Å². The summed E-state index contributed by atoms with van der Waals surface area (Å²) in [5.41, 5.74) is 9.84. The Morgan fingerprint density at radius 1 is 0.300 bits per heavy atom. The molecule has 0 atom stereocenters. The highest BCUT2D eigenvalue weighted by atomic mass is 16.3. The number of hydrogen-bond acceptors (Lipinski definition) is 2. The summed E-state index contributed by atoms with van der Waals surface area (Å²) in [6.07, 6.45) is 0. The molecule has 1 heterocycles. The second kappa shape index (κ2) is 11.5. The van der Waals surface area contributed by atoms with Crippen molar-refractivity contribution in [1.82, 2.24) is 0 Å². The van der Waals surface area contributed by atoms with E-state index in [9.17, 15) is 0 Å². The van der Waals surface area contributed by atoms with Gasteiger partial charge in [-0.05, 0) is 97.5 Å². The first-order valence-corrected chi connectivity index (χ1v) is 17.1. The topological polar surface area (TPSA) is 16.4 Å². The molecule has 0 bridgehead atoms. The Hall–Kier alpha value is -6.64. The summed E-state index contributed by atoms with van der Waals surface area (Å²) in [5.74, 6) is 0. The predicted octanol–water partition coefficient (Wildman–Crippen LogP) is 13.8. The van der Waals surface area contributed by atoms with Crippen LogP contribution in [0.3, 0.4) is 0 Å². The van der Waals surface area contributed by atoms with Crippen molar-refractivity contribution in [1.29, 1.82) is 0 Å². The van der Waals surface area contributed by atoms with Gasteiger partial charge in [-0.2, -0.15) is 0 Å². The van der Waals surface area contributed by atoms with Crippen LogP contribution in [0.2, 0.25) is 0 Å². The molecule has 10 aromatic rings. The van der Waals surface area contributed by atoms with E-state index in [2.05, 4.69) is 181 Å². The van der Waals surface area contributed by atoms with E-state index >= 15 is 0 Å². The van der Waals surface area contributed by atoms with Gasteiger partial charge in [-0.1, -0.05) is 140 Å². The number of anilines is 3. The molecule has 0 amide bonds. The van der Waals surface area contributed by atoms with Gasteiger partial charge in [0.2, 0.25) is 0 Å². The minimum atomic E-state index is 0.909. The largest absolute Gasteiger partial charge is 0.456 e. The van der Waals surface area contributed by atoms with Crippen LogP contribution >= 0.6 is 0 Å². The Kier molecular flexibility index (Phi) is 6.53. The second-order valence-electron chi connectivity index (χ2n) is 12.9. The average Bonchev–Trinajstić information content (AvgIpc) is 3.57. The second-order valence-corrected chi connectivity index (χ2v) is 12.9. The van der Waals surface area contributed by atoms with Gasteiger partial charge in [-0.25, -0.2) is 0 Å². The fourth-order valence-corrected chi connectivity index (χ4v) is 7.70. The predicted molar refractivity (Wildman–Crippen MR) is 212 cm³/mol. The lowest BCUT2D eigenvalue weighted by atomic mass is 9.93. The maximum atomic E-state index is 6.11. The Balaban J connectivity index is 1.17. The van der Waals surface area contributed by atoms with E-state index in [-0.39, 0.29) is 0 Å². The highest BCUT2D eigenvalue weighted by molar-refractivity contribution is 6.25. The van der Waals surface area contributed by atoms with Crippen LogP contribution in [0.4, 0.5) is 17.1 Å². The Bertz CT molecular complexity index is 2830.